The molecule has 4 nitrogen and oxygen atoms in total. The lowest BCUT2D eigenvalue weighted by Gasteiger charge is -2.18. The molecule has 0 saturated carbocycles. The van der Waals surface area contributed by atoms with Crippen molar-refractivity contribution in [2.75, 3.05) is 6.67 Å². The van der Waals surface area contributed by atoms with Crippen molar-refractivity contribution >= 4 is 11.8 Å². The number of rotatable bonds is 20. The van der Waals surface area contributed by atoms with Gasteiger partial charge in [0.2, 0.25) is 11.8 Å². The van der Waals surface area contributed by atoms with Crippen molar-refractivity contribution in [3.8, 4) is 0 Å². The Kier molecular flexibility index (Phi) is 17.3. The van der Waals surface area contributed by atoms with E-state index in [0.29, 0.717) is 19.5 Å². The maximum absolute atomic E-state index is 12.4. The zero-order chi connectivity index (χ0) is 22.6. The molecule has 0 unspecified atom stereocenters. The van der Waals surface area contributed by atoms with E-state index in [1.54, 1.807) is 22.2 Å². The lowest BCUT2D eigenvalue weighted by molar-refractivity contribution is -0.133. The first-order valence-corrected chi connectivity index (χ1v) is 13.5. The average Bonchev–Trinajstić information content (AvgIpc) is 3.27. The Morgan fingerprint density at radius 2 is 0.806 bits per heavy atom. The summed E-state index contributed by atoms with van der Waals surface area (Å²) in [6.07, 6.45) is 27.4. The van der Waals surface area contributed by atoms with Crippen LogP contribution in [0.5, 0.6) is 0 Å². The zero-order valence-corrected chi connectivity index (χ0v) is 20.7. The number of carbonyl (C=O) groups excluding carboxylic acids is 2. The topological polar surface area (TPSA) is 40.6 Å². The summed E-state index contributed by atoms with van der Waals surface area (Å²) in [5, 5.41) is 0. The number of nitrogens with zero attached hydrogens (tertiary/aromatic N) is 2. The Balaban J connectivity index is 1.99. The van der Waals surface area contributed by atoms with Crippen molar-refractivity contribution in [2.24, 2.45) is 0 Å². The fraction of sp³-hybridized carbons (Fsp3) is 0.852. The first-order valence-electron chi connectivity index (χ1n) is 13.5. The van der Waals surface area contributed by atoms with E-state index in [4.69, 9.17) is 0 Å². The molecule has 1 aliphatic rings. The Labute approximate surface area is 192 Å². The highest BCUT2D eigenvalue weighted by Crippen LogP contribution is 2.16. The monoisotopic (exact) mass is 434 g/mol. The molecule has 0 aromatic rings. The molecule has 0 aliphatic carbocycles. The van der Waals surface area contributed by atoms with Gasteiger partial charge in [0.1, 0.15) is 6.67 Å². The Hall–Kier alpha value is -1.32. The van der Waals surface area contributed by atoms with Gasteiger partial charge in [-0.3, -0.25) is 19.4 Å². The molecule has 0 bridgehead atoms. The number of hydrogen-bond acceptors (Lipinski definition) is 2. The molecule has 1 aliphatic heterocycles. The summed E-state index contributed by atoms with van der Waals surface area (Å²) in [6.45, 7) is 4.91. The fourth-order valence-electron chi connectivity index (χ4n) is 4.20. The van der Waals surface area contributed by atoms with Crippen LogP contribution in [0.2, 0.25) is 0 Å². The quantitative estimate of drug-likeness (QED) is 0.182. The molecule has 0 aromatic heterocycles. The molecule has 0 fully saturated rings. The third-order valence-corrected chi connectivity index (χ3v) is 6.36. The number of hydrogen-bond donors (Lipinski definition) is 0. The third-order valence-electron chi connectivity index (χ3n) is 6.36. The van der Waals surface area contributed by atoms with E-state index < -0.39 is 0 Å². The smallest absolute Gasteiger partial charge is 0.228 e. The lowest BCUT2D eigenvalue weighted by Crippen LogP contribution is -2.33. The van der Waals surface area contributed by atoms with Crippen LogP contribution < -0.4 is 0 Å². The summed E-state index contributed by atoms with van der Waals surface area (Å²) in [6, 6.07) is 0. The van der Waals surface area contributed by atoms with Crippen molar-refractivity contribution in [2.45, 2.75) is 142 Å². The first kappa shape index (κ1) is 27.7. The average molecular weight is 435 g/mol. The largest absolute Gasteiger partial charge is 0.299 e. The van der Waals surface area contributed by atoms with Gasteiger partial charge in [0.05, 0.1) is 0 Å². The minimum Gasteiger partial charge on any atom is -0.299 e. The molecule has 0 aromatic carbocycles. The van der Waals surface area contributed by atoms with Crippen molar-refractivity contribution in [1.82, 2.24) is 9.80 Å². The van der Waals surface area contributed by atoms with Crippen molar-refractivity contribution in [1.29, 1.82) is 0 Å². The molecule has 180 valence electrons. The van der Waals surface area contributed by atoms with Crippen LogP contribution in [-0.2, 0) is 9.59 Å². The minimum atomic E-state index is 0.151. The molecule has 0 N–H and O–H groups in total. The molecule has 1 heterocycles. The number of carbonyl (C=O) groups is 2. The summed E-state index contributed by atoms with van der Waals surface area (Å²) in [5.41, 5.74) is 0. The van der Waals surface area contributed by atoms with E-state index in [9.17, 15) is 9.59 Å². The minimum absolute atomic E-state index is 0.151. The van der Waals surface area contributed by atoms with Crippen LogP contribution in [0.1, 0.15) is 142 Å². The summed E-state index contributed by atoms with van der Waals surface area (Å²) in [5.74, 6) is 0.301. The number of amides is 2. The van der Waals surface area contributed by atoms with Gasteiger partial charge >= 0.3 is 0 Å². The Morgan fingerprint density at radius 3 is 1.13 bits per heavy atom. The van der Waals surface area contributed by atoms with Gasteiger partial charge in [-0.15, -0.1) is 0 Å². The predicted molar refractivity (Wildman–Crippen MR) is 131 cm³/mol. The Morgan fingerprint density at radius 1 is 0.516 bits per heavy atom. The van der Waals surface area contributed by atoms with Crippen LogP contribution in [0.15, 0.2) is 12.4 Å². The molecular weight excluding hydrogens is 384 g/mol. The van der Waals surface area contributed by atoms with Gasteiger partial charge in [-0.1, -0.05) is 117 Å². The molecule has 0 saturated heterocycles. The maximum atomic E-state index is 12.4. The van der Waals surface area contributed by atoms with Crippen LogP contribution in [0.3, 0.4) is 0 Å². The van der Waals surface area contributed by atoms with E-state index in [1.165, 1.54) is 89.9 Å². The molecule has 0 radical (unpaired) electrons. The van der Waals surface area contributed by atoms with Crippen LogP contribution in [0.25, 0.3) is 0 Å². The second-order valence-corrected chi connectivity index (χ2v) is 9.32. The predicted octanol–water partition coefficient (Wildman–Crippen LogP) is 7.93. The van der Waals surface area contributed by atoms with E-state index in [0.717, 1.165) is 25.7 Å². The molecular formula is C27H50N2O2. The van der Waals surface area contributed by atoms with Crippen LogP contribution in [0.4, 0.5) is 0 Å². The van der Waals surface area contributed by atoms with E-state index >= 15 is 0 Å². The lowest BCUT2D eigenvalue weighted by atomic mass is 10.1. The van der Waals surface area contributed by atoms with Crippen LogP contribution in [0, 0.1) is 0 Å². The highest BCUT2D eigenvalue weighted by atomic mass is 16.2. The van der Waals surface area contributed by atoms with E-state index in [-0.39, 0.29) is 11.8 Å². The van der Waals surface area contributed by atoms with Gasteiger partial charge < -0.3 is 0 Å². The molecule has 0 spiro atoms. The highest BCUT2D eigenvalue weighted by Gasteiger charge is 2.22. The van der Waals surface area contributed by atoms with Crippen molar-refractivity contribution in [3.63, 3.8) is 0 Å². The van der Waals surface area contributed by atoms with Gasteiger partial charge in [0, 0.05) is 25.2 Å². The Bertz CT molecular complexity index is 448. The van der Waals surface area contributed by atoms with E-state index in [2.05, 4.69) is 13.8 Å². The molecule has 31 heavy (non-hydrogen) atoms. The second-order valence-electron chi connectivity index (χ2n) is 9.32. The first-order chi connectivity index (χ1) is 15.2. The normalized spacial score (nSPS) is 13.4. The summed E-state index contributed by atoms with van der Waals surface area (Å²) in [7, 11) is 0. The summed E-state index contributed by atoms with van der Waals surface area (Å²) >= 11 is 0. The van der Waals surface area contributed by atoms with Crippen molar-refractivity contribution < 1.29 is 9.59 Å². The maximum Gasteiger partial charge on any atom is 0.228 e. The SMILES string of the molecule is CCCCCCCCCCCC(=O)N1C=CN(C(=O)CCCCCCCCCCC)C1. The van der Waals surface area contributed by atoms with Crippen LogP contribution >= 0.6 is 0 Å². The fourth-order valence-corrected chi connectivity index (χ4v) is 4.20. The van der Waals surface area contributed by atoms with Gasteiger partial charge in [-0.25, -0.2) is 0 Å². The molecule has 2 amide bonds. The van der Waals surface area contributed by atoms with Gasteiger partial charge in [0.15, 0.2) is 0 Å². The van der Waals surface area contributed by atoms with Crippen LogP contribution in [-0.4, -0.2) is 28.3 Å². The summed E-state index contributed by atoms with van der Waals surface area (Å²) in [4.78, 5) is 28.2. The second kappa shape index (κ2) is 19.4. The van der Waals surface area contributed by atoms with Gasteiger partial charge in [0.25, 0.3) is 0 Å². The van der Waals surface area contributed by atoms with Gasteiger partial charge in [-0.05, 0) is 12.8 Å². The third kappa shape index (κ3) is 14.4. The van der Waals surface area contributed by atoms with Gasteiger partial charge in [-0.2, -0.15) is 0 Å². The van der Waals surface area contributed by atoms with E-state index in [1.807, 2.05) is 0 Å². The molecule has 0 atom stereocenters. The molecule has 1 rings (SSSR count). The zero-order valence-electron chi connectivity index (χ0n) is 20.7. The summed E-state index contributed by atoms with van der Waals surface area (Å²) < 4.78 is 0. The highest BCUT2D eigenvalue weighted by molar-refractivity contribution is 5.81. The number of unbranched alkanes of at least 4 members (excludes halogenated alkanes) is 16. The standard InChI is InChI=1S/C27H50N2O2/c1-3-5-7-9-11-13-15-17-19-21-26(30)28-23-24-29(25-28)27(31)22-20-18-16-14-12-10-8-6-4-2/h23-24H,3-22,25H2,1-2H3. The van der Waals surface area contributed by atoms with Crippen molar-refractivity contribution in [3.05, 3.63) is 12.4 Å². The molecule has 4 heteroatoms.